The number of carbonyl (C=O) groups excluding carboxylic acids is 1. The Bertz CT molecular complexity index is 865. The van der Waals surface area contributed by atoms with Gasteiger partial charge in [-0.3, -0.25) is 4.79 Å². The molecule has 30 heavy (non-hydrogen) atoms. The number of hydrogen-bond donors (Lipinski definition) is 2. The Morgan fingerprint density at radius 3 is 2.70 bits per heavy atom. The molecule has 2 unspecified atom stereocenters. The third-order valence-corrected chi connectivity index (χ3v) is 5.46. The van der Waals surface area contributed by atoms with Crippen molar-refractivity contribution in [3.05, 3.63) is 54.1 Å². The van der Waals surface area contributed by atoms with E-state index in [1.165, 1.54) is 12.8 Å². The molecule has 3 rings (SSSR count). The molecule has 0 spiro atoms. The number of hydrogen-bond acceptors (Lipinski definition) is 4. The minimum Gasteiger partial charge on any atom is -0.492 e. The second-order valence-corrected chi connectivity index (χ2v) is 8.31. The number of benzene rings is 2. The molecule has 1 amide bonds. The van der Waals surface area contributed by atoms with Gasteiger partial charge in [0.15, 0.2) is 0 Å². The summed E-state index contributed by atoms with van der Waals surface area (Å²) in [6.45, 7) is 6.02. The first-order valence-electron chi connectivity index (χ1n) is 10.8. The Hall–Kier alpha value is -2.84. The lowest BCUT2D eigenvalue weighted by atomic mass is 9.88. The Balaban J connectivity index is 1.72. The molecule has 0 aliphatic carbocycles. The average molecular weight is 406 g/mol. The predicted molar refractivity (Wildman–Crippen MR) is 119 cm³/mol. The molecule has 5 heteroatoms. The van der Waals surface area contributed by atoms with Crippen molar-refractivity contribution in [2.75, 3.05) is 19.7 Å². The van der Waals surface area contributed by atoms with Crippen molar-refractivity contribution >= 4 is 5.91 Å². The van der Waals surface area contributed by atoms with E-state index in [0.717, 1.165) is 35.4 Å². The van der Waals surface area contributed by atoms with Gasteiger partial charge in [-0.15, -0.1) is 0 Å². The number of rotatable bonds is 9. The van der Waals surface area contributed by atoms with E-state index < -0.39 is 0 Å². The van der Waals surface area contributed by atoms with Gasteiger partial charge in [0.1, 0.15) is 18.9 Å². The zero-order chi connectivity index (χ0) is 21.3. The molecule has 0 aromatic heterocycles. The normalized spacial score (nSPS) is 16.8. The average Bonchev–Trinajstić information content (AvgIpc) is 3.28. The van der Waals surface area contributed by atoms with Crippen LogP contribution in [0.15, 0.2) is 48.5 Å². The van der Waals surface area contributed by atoms with Gasteiger partial charge in [-0.2, -0.15) is 5.26 Å². The minimum absolute atomic E-state index is 0.0327. The molecule has 1 saturated heterocycles. The Kier molecular flexibility index (Phi) is 7.87. The first-order chi connectivity index (χ1) is 14.6. The lowest BCUT2D eigenvalue weighted by Crippen LogP contribution is -2.30. The molecule has 0 bridgehead atoms. The summed E-state index contributed by atoms with van der Waals surface area (Å²) in [5.74, 6) is 0.890. The van der Waals surface area contributed by atoms with Gasteiger partial charge in [0.2, 0.25) is 5.91 Å². The van der Waals surface area contributed by atoms with Gasteiger partial charge in [0.25, 0.3) is 0 Å². The van der Waals surface area contributed by atoms with E-state index in [1.54, 1.807) is 0 Å². The zero-order valence-electron chi connectivity index (χ0n) is 17.9. The third-order valence-electron chi connectivity index (χ3n) is 5.46. The molecule has 1 aliphatic heterocycles. The van der Waals surface area contributed by atoms with E-state index in [2.05, 4.69) is 48.7 Å². The van der Waals surface area contributed by atoms with Crippen LogP contribution >= 0.6 is 0 Å². The van der Waals surface area contributed by atoms with Crippen molar-refractivity contribution in [1.82, 2.24) is 10.6 Å². The monoisotopic (exact) mass is 405 g/mol. The molecule has 5 nitrogen and oxygen atoms in total. The van der Waals surface area contributed by atoms with Crippen molar-refractivity contribution in [3.63, 3.8) is 0 Å². The van der Waals surface area contributed by atoms with Gasteiger partial charge >= 0.3 is 0 Å². The van der Waals surface area contributed by atoms with Gasteiger partial charge in [-0.1, -0.05) is 50.2 Å². The fraction of sp³-hybridized carbons (Fsp3) is 0.440. The predicted octanol–water partition coefficient (Wildman–Crippen LogP) is 4.25. The standard InChI is InChI=1S/C25H31N3O2/c1-18(2)15-24(25(29)28-14-12-26)21-6-3-5-20(16-21)19-8-10-23(11-9-19)30-17-22-7-4-13-27-22/h3,5-6,8-11,16,18,22,24,27H,4,7,13-15,17H2,1-2H3,(H,28,29). The zero-order valence-corrected chi connectivity index (χ0v) is 17.9. The largest absolute Gasteiger partial charge is 0.492 e. The van der Waals surface area contributed by atoms with Gasteiger partial charge in [0, 0.05) is 6.04 Å². The Morgan fingerprint density at radius 2 is 2.03 bits per heavy atom. The summed E-state index contributed by atoms with van der Waals surface area (Å²) in [6.07, 6.45) is 3.13. The maximum atomic E-state index is 12.6. The minimum atomic E-state index is -0.264. The number of amides is 1. The molecule has 2 aromatic carbocycles. The van der Waals surface area contributed by atoms with Crippen LogP contribution in [0.1, 0.15) is 44.6 Å². The molecule has 1 heterocycles. The summed E-state index contributed by atoms with van der Waals surface area (Å²) in [5, 5.41) is 14.9. The van der Waals surface area contributed by atoms with Crippen molar-refractivity contribution in [2.45, 2.75) is 45.1 Å². The van der Waals surface area contributed by atoms with E-state index in [4.69, 9.17) is 10.00 Å². The van der Waals surface area contributed by atoms with Crippen LogP contribution < -0.4 is 15.4 Å². The molecule has 1 fully saturated rings. The van der Waals surface area contributed by atoms with Gasteiger partial charge in [-0.05, 0) is 60.5 Å². The summed E-state index contributed by atoms with van der Waals surface area (Å²) < 4.78 is 5.91. The van der Waals surface area contributed by atoms with Crippen LogP contribution in [-0.2, 0) is 4.79 Å². The molecular weight excluding hydrogens is 374 g/mol. The third kappa shape index (κ3) is 6.08. The number of ether oxygens (including phenoxy) is 1. The van der Waals surface area contributed by atoms with Crippen LogP contribution in [0.5, 0.6) is 5.75 Å². The highest BCUT2D eigenvalue weighted by molar-refractivity contribution is 5.84. The maximum Gasteiger partial charge on any atom is 0.228 e. The van der Waals surface area contributed by atoms with Crippen molar-refractivity contribution < 1.29 is 9.53 Å². The highest BCUT2D eigenvalue weighted by Gasteiger charge is 2.22. The molecular formula is C25H31N3O2. The van der Waals surface area contributed by atoms with Crippen LogP contribution in [0.2, 0.25) is 0 Å². The van der Waals surface area contributed by atoms with Crippen molar-refractivity contribution in [2.24, 2.45) is 5.92 Å². The molecule has 0 saturated carbocycles. The van der Waals surface area contributed by atoms with Crippen LogP contribution in [0, 0.1) is 17.2 Å². The maximum absolute atomic E-state index is 12.6. The summed E-state index contributed by atoms with van der Waals surface area (Å²) in [4.78, 5) is 12.6. The lowest BCUT2D eigenvalue weighted by Gasteiger charge is -2.19. The number of nitrogens with one attached hydrogen (secondary N) is 2. The Morgan fingerprint density at radius 1 is 1.23 bits per heavy atom. The summed E-state index contributed by atoms with van der Waals surface area (Å²) in [5.41, 5.74) is 3.13. The topological polar surface area (TPSA) is 74.2 Å². The molecule has 0 radical (unpaired) electrons. The SMILES string of the molecule is CC(C)CC(C(=O)NCC#N)c1cccc(-c2ccc(OCC3CCCN3)cc2)c1. The first-order valence-corrected chi connectivity index (χ1v) is 10.8. The molecule has 2 atom stereocenters. The lowest BCUT2D eigenvalue weighted by molar-refractivity contribution is -0.122. The fourth-order valence-corrected chi connectivity index (χ4v) is 3.89. The molecule has 158 valence electrons. The van der Waals surface area contributed by atoms with Crippen LogP contribution in [0.25, 0.3) is 11.1 Å². The summed E-state index contributed by atoms with van der Waals surface area (Å²) in [6, 6.07) is 18.7. The number of nitrogens with zero attached hydrogens (tertiary/aromatic N) is 1. The first kappa shape index (κ1) is 21.9. The number of carbonyl (C=O) groups is 1. The van der Waals surface area contributed by atoms with E-state index in [0.29, 0.717) is 18.6 Å². The molecule has 2 aromatic rings. The van der Waals surface area contributed by atoms with Crippen LogP contribution in [0.3, 0.4) is 0 Å². The van der Waals surface area contributed by atoms with Gasteiger partial charge in [0.05, 0.1) is 12.0 Å². The van der Waals surface area contributed by atoms with Crippen LogP contribution in [-0.4, -0.2) is 31.6 Å². The highest BCUT2D eigenvalue weighted by Crippen LogP contribution is 2.29. The highest BCUT2D eigenvalue weighted by atomic mass is 16.5. The van der Waals surface area contributed by atoms with E-state index in [-0.39, 0.29) is 18.4 Å². The Labute approximate surface area is 179 Å². The smallest absolute Gasteiger partial charge is 0.228 e. The van der Waals surface area contributed by atoms with Crippen molar-refractivity contribution in [3.8, 4) is 22.9 Å². The van der Waals surface area contributed by atoms with Gasteiger partial charge < -0.3 is 15.4 Å². The second kappa shape index (κ2) is 10.8. The van der Waals surface area contributed by atoms with Crippen LogP contribution in [0.4, 0.5) is 0 Å². The quantitative estimate of drug-likeness (QED) is 0.612. The summed E-state index contributed by atoms with van der Waals surface area (Å²) >= 11 is 0. The fourth-order valence-electron chi connectivity index (χ4n) is 3.89. The van der Waals surface area contributed by atoms with E-state index in [9.17, 15) is 4.79 Å². The van der Waals surface area contributed by atoms with E-state index >= 15 is 0 Å². The molecule has 1 aliphatic rings. The van der Waals surface area contributed by atoms with Crippen molar-refractivity contribution in [1.29, 1.82) is 5.26 Å². The second-order valence-electron chi connectivity index (χ2n) is 8.31. The van der Waals surface area contributed by atoms with E-state index in [1.807, 2.05) is 30.3 Å². The van der Waals surface area contributed by atoms with Gasteiger partial charge in [-0.25, -0.2) is 0 Å². The molecule has 2 N–H and O–H groups in total. The summed E-state index contributed by atoms with van der Waals surface area (Å²) in [7, 11) is 0. The number of nitriles is 1.